The number of hydrogen-bond donors (Lipinski definition) is 0. The van der Waals surface area contributed by atoms with Gasteiger partial charge in [-0.15, -0.1) is 0 Å². The molecule has 0 aliphatic rings. The molecule has 0 unspecified atom stereocenters. The molecule has 0 aromatic carbocycles. The van der Waals surface area contributed by atoms with Crippen molar-refractivity contribution in [3.63, 3.8) is 0 Å². The lowest BCUT2D eigenvalue weighted by Gasteiger charge is -1.99. The van der Waals surface area contributed by atoms with Crippen LogP contribution in [0.2, 0.25) is 0 Å². The maximum absolute atomic E-state index is 5.17. The van der Waals surface area contributed by atoms with E-state index in [1.165, 1.54) is 0 Å². The Labute approximate surface area is 80.5 Å². The van der Waals surface area contributed by atoms with Crippen LogP contribution in [0.4, 0.5) is 0 Å². The Morgan fingerprint density at radius 1 is 1.50 bits per heavy atom. The summed E-state index contributed by atoms with van der Waals surface area (Å²) in [4.78, 5) is 4.16. The summed E-state index contributed by atoms with van der Waals surface area (Å²) in [5.74, 6) is 0.720. The van der Waals surface area contributed by atoms with Crippen LogP contribution < -0.4 is 0 Å². The minimum absolute atomic E-state index is 0.720. The molecule has 1 heterocycles. The van der Waals surface area contributed by atoms with Gasteiger partial charge in [0.2, 0.25) is 0 Å². The maximum Gasteiger partial charge on any atom is 0.107 e. The Morgan fingerprint density at radius 2 is 2.42 bits per heavy atom. The van der Waals surface area contributed by atoms with Gasteiger partial charge in [0.1, 0.15) is 11.0 Å². The molecule has 0 bridgehead atoms. The van der Waals surface area contributed by atoms with E-state index >= 15 is 0 Å². The van der Waals surface area contributed by atoms with E-state index in [1.807, 2.05) is 25.1 Å². The van der Waals surface area contributed by atoms with Gasteiger partial charge in [-0.2, -0.15) is 0 Å². The highest BCUT2D eigenvalue weighted by molar-refractivity contribution is 8.76. The second kappa shape index (κ2) is 6.34. The Morgan fingerprint density at radius 3 is 3.08 bits per heavy atom. The first-order chi connectivity index (χ1) is 5.93. The number of ether oxygens (including phenoxy) is 1. The molecule has 0 saturated carbocycles. The third-order valence-electron chi connectivity index (χ3n) is 1.12. The van der Waals surface area contributed by atoms with E-state index in [0.717, 1.165) is 17.6 Å². The molecular weight excluding hydrogens is 190 g/mol. The molecule has 1 aromatic heterocycles. The summed E-state index contributed by atoms with van der Waals surface area (Å²) in [6, 6.07) is 5.89. The molecule has 0 radical (unpaired) electrons. The van der Waals surface area contributed by atoms with Crippen molar-refractivity contribution in [2.24, 2.45) is 0 Å². The van der Waals surface area contributed by atoms with Crippen molar-refractivity contribution in [1.29, 1.82) is 0 Å². The van der Waals surface area contributed by atoms with Crippen LogP contribution in [0.5, 0.6) is 0 Å². The topological polar surface area (TPSA) is 22.1 Å². The molecule has 4 heteroatoms. The van der Waals surface area contributed by atoms with E-state index < -0.39 is 0 Å². The third kappa shape index (κ3) is 3.99. The summed E-state index contributed by atoms with van der Waals surface area (Å²) >= 11 is 0. The van der Waals surface area contributed by atoms with Crippen molar-refractivity contribution < 1.29 is 4.74 Å². The van der Waals surface area contributed by atoms with Gasteiger partial charge in [-0.1, -0.05) is 16.9 Å². The van der Waals surface area contributed by atoms with Gasteiger partial charge in [0.15, 0.2) is 0 Å². The second-order valence-corrected chi connectivity index (χ2v) is 4.24. The van der Waals surface area contributed by atoms with Crippen LogP contribution >= 0.6 is 21.6 Å². The highest BCUT2D eigenvalue weighted by Gasteiger charge is 1.93. The van der Waals surface area contributed by atoms with Crippen LogP contribution in [0.1, 0.15) is 6.92 Å². The van der Waals surface area contributed by atoms with E-state index in [-0.39, 0.29) is 0 Å². The molecule has 0 aliphatic carbocycles. The largest absolute Gasteiger partial charge is 0.370 e. The van der Waals surface area contributed by atoms with Gasteiger partial charge in [0.25, 0.3) is 0 Å². The smallest absolute Gasteiger partial charge is 0.107 e. The van der Waals surface area contributed by atoms with Gasteiger partial charge < -0.3 is 4.74 Å². The molecular formula is C8H11NOS2. The Hall–Kier alpha value is -0.190. The zero-order valence-corrected chi connectivity index (χ0v) is 8.53. The second-order valence-electron chi connectivity index (χ2n) is 1.98. The quantitative estimate of drug-likeness (QED) is 0.415. The summed E-state index contributed by atoms with van der Waals surface area (Å²) < 4.78 is 5.17. The fraction of sp³-hybridized carbons (Fsp3) is 0.375. The van der Waals surface area contributed by atoms with Crippen LogP contribution in [-0.4, -0.2) is 17.5 Å². The van der Waals surface area contributed by atoms with Crippen LogP contribution in [0, 0.1) is 0 Å². The van der Waals surface area contributed by atoms with Gasteiger partial charge >= 0.3 is 0 Å². The average Bonchev–Trinajstić information content (AvgIpc) is 2.14. The number of aromatic nitrogens is 1. The summed E-state index contributed by atoms with van der Waals surface area (Å²) in [5.41, 5.74) is 0. The van der Waals surface area contributed by atoms with Crippen LogP contribution in [0.25, 0.3) is 0 Å². The molecule has 1 aromatic rings. The zero-order valence-electron chi connectivity index (χ0n) is 6.90. The van der Waals surface area contributed by atoms with Gasteiger partial charge in [-0.3, -0.25) is 0 Å². The fourth-order valence-corrected chi connectivity index (χ4v) is 2.25. The van der Waals surface area contributed by atoms with E-state index in [4.69, 9.17) is 4.74 Å². The number of nitrogens with zero attached hydrogens (tertiary/aromatic N) is 1. The van der Waals surface area contributed by atoms with Gasteiger partial charge in [0.05, 0.1) is 0 Å². The van der Waals surface area contributed by atoms with Gasteiger partial charge in [0, 0.05) is 12.8 Å². The standard InChI is InChI=1S/C8H11NOS2/c1-2-10-7-11-12-8-5-3-4-6-9-8/h3-6H,2,7H2,1H3. The first-order valence-corrected chi connectivity index (χ1v) is 6.03. The highest BCUT2D eigenvalue weighted by atomic mass is 33.1. The first-order valence-electron chi connectivity index (χ1n) is 3.71. The number of hydrogen-bond acceptors (Lipinski definition) is 4. The molecule has 0 spiro atoms. The van der Waals surface area contributed by atoms with Crippen molar-refractivity contribution in [1.82, 2.24) is 4.98 Å². The van der Waals surface area contributed by atoms with Crippen molar-refractivity contribution in [3.05, 3.63) is 24.4 Å². The predicted octanol–water partition coefficient (Wildman–Crippen LogP) is 2.82. The van der Waals surface area contributed by atoms with E-state index in [2.05, 4.69) is 4.98 Å². The highest BCUT2D eigenvalue weighted by Crippen LogP contribution is 2.28. The van der Waals surface area contributed by atoms with Crippen molar-refractivity contribution in [2.75, 3.05) is 12.5 Å². The summed E-state index contributed by atoms with van der Waals surface area (Å²) in [7, 11) is 3.30. The SMILES string of the molecule is CCOCSSc1ccccn1. The fourth-order valence-electron chi connectivity index (χ4n) is 0.598. The van der Waals surface area contributed by atoms with Gasteiger partial charge in [-0.05, 0) is 29.9 Å². The van der Waals surface area contributed by atoms with E-state index in [1.54, 1.807) is 27.8 Å². The molecule has 12 heavy (non-hydrogen) atoms. The van der Waals surface area contributed by atoms with E-state index in [9.17, 15) is 0 Å². The van der Waals surface area contributed by atoms with Crippen molar-refractivity contribution >= 4 is 21.6 Å². The minimum atomic E-state index is 0.720. The minimum Gasteiger partial charge on any atom is -0.370 e. The first kappa shape index (κ1) is 9.89. The number of pyridine rings is 1. The molecule has 0 atom stereocenters. The molecule has 0 aliphatic heterocycles. The van der Waals surface area contributed by atoms with Crippen molar-refractivity contribution in [3.8, 4) is 0 Å². The lowest BCUT2D eigenvalue weighted by atomic mass is 10.5. The molecule has 0 saturated heterocycles. The molecule has 0 amide bonds. The summed E-state index contributed by atoms with van der Waals surface area (Å²) in [5, 5.41) is 1.03. The molecule has 0 N–H and O–H groups in total. The Bertz CT molecular complexity index is 205. The maximum atomic E-state index is 5.17. The summed E-state index contributed by atoms with van der Waals surface area (Å²) in [6.45, 7) is 2.77. The van der Waals surface area contributed by atoms with Crippen LogP contribution in [0.3, 0.4) is 0 Å². The third-order valence-corrected chi connectivity index (χ3v) is 3.07. The summed E-state index contributed by atoms with van der Waals surface area (Å²) in [6.07, 6.45) is 1.80. The molecule has 0 fully saturated rings. The lowest BCUT2D eigenvalue weighted by Crippen LogP contribution is -1.85. The lowest BCUT2D eigenvalue weighted by molar-refractivity contribution is 0.200. The number of rotatable bonds is 5. The average molecular weight is 201 g/mol. The molecule has 66 valence electrons. The normalized spacial score (nSPS) is 10.1. The van der Waals surface area contributed by atoms with Gasteiger partial charge in [-0.25, -0.2) is 4.98 Å². The van der Waals surface area contributed by atoms with Crippen LogP contribution in [0.15, 0.2) is 29.4 Å². The van der Waals surface area contributed by atoms with E-state index in [0.29, 0.717) is 0 Å². The Balaban J connectivity index is 2.16. The monoisotopic (exact) mass is 201 g/mol. The predicted molar refractivity (Wildman–Crippen MR) is 54.2 cm³/mol. The molecule has 1 rings (SSSR count). The van der Waals surface area contributed by atoms with Crippen LogP contribution in [-0.2, 0) is 4.74 Å². The van der Waals surface area contributed by atoms with Crippen molar-refractivity contribution in [2.45, 2.75) is 11.9 Å². The molecule has 2 nitrogen and oxygen atoms in total. The Kier molecular flexibility index (Phi) is 5.23. The zero-order chi connectivity index (χ0) is 8.65.